The van der Waals surface area contributed by atoms with Crippen LogP contribution in [0.15, 0.2) is 30.5 Å². The van der Waals surface area contributed by atoms with Gasteiger partial charge < -0.3 is 19.1 Å². The van der Waals surface area contributed by atoms with Crippen LogP contribution in [-0.4, -0.2) is 35.5 Å². The minimum Gasteiger partial charge on any atom is -0.496 e. The van der Waals surface area contributed by atoms with E-state index in [2.05, 4.69) is 0 Å². The van der Waals surface area contributed by atoms with Crippen LogP contribution >= 0.6 is 0 Å². The first-order chi connectivity index (χ1) is 9.67. The molecular weight excluding hydrogens is 258 g/mol. The molecule has 2 aromatic rings. The van der Waals surface area contributed by atoms with Crippen molar-refractivity contribution in [3.05, 3.63) is 30.5 Å². The van der Waals surface area contributed by atoms with Crippen LogP contribution in [0.5, 0.6) is 5.75 Å². The maximum Gasteiger partial charge on any atom is 0.332 e. The molecule has 0 aliphatic heterocycles. The molecule has 20 heavy (non-hydrogen) atoms. The van der Waals surface area contributed by atoms with Gasteiger partial charge in [0.05, 0.1) is 12.6 Å². The Bertz CT molecular complexity index is 591. The van der Waals surface area contributed by atoms with Gasteiger partial charge in [-0.15, -0.1) is 0 Å². The van der Waals surface area contributed by atoms with Gasteiger partial charge in [-0.1, -0.05) is 6.07 Å². The molecule has 1 aromatic carbocycles. The molecular formula is C15H19NO4. The largest absolute Gasteiger partial charge is 0.496 e. The zero-order valence-electron chi connectivity index (χ0n) is 11.7. The van der Waals surface area contributed by atoms with E-state index in [1.807, 2.05) is 35.0 Å². The van der Waals surface area contributed by atoms with E-state index >= 15 is 0 Å². The fourth-order valence-electron chi connectivity index (χ4n) is 2.30. The van der Waals surface area contributed by atoms with Gasteiger partial charge in [0.15, 0.2) is 6.10 Å². The number of methoxy groups -OCH3 is 1. The van der Waals surface area contributed by atoms with Crippen LogP contribution in [0.4, 0.5) is 0 Å². The van der Waals surface area contributed by atoms with Gasteiger partial charge in [-0.3, -0.25) is 0 Å². The predicted octanol–water partition coefficient (Wildman–Crippen LogP) is 2.53. The van der Waals surface area contributed by atoms with Gasteiger partial charge in [0.1, 0.15) is 5.75 Å². The summed E-state index contributed by atoms with van der Waals surface area (Å²) >= 11 is 0. The van der Waals surface area contributed by atoms with Crippen molar-refractivity contribution in [2.75, 3.05) is 13.7 Å². The Morgan fingerprint density at radius 1 is 1.40 bits per heavy atom. The molecule has 0 aliphatic carbocycles. The van der Waals surface area contributed by atoms with Crippen molar-refractivity contribution in [2.24, 2.45) is 0 Å². The average molecular weight is 277 g/mol. The number of hydrogen-bond donors (Lipinski definition) is 1. The summed E-state index contributed by atoms with van der Waals surface area (Å²) in [6.45, 7) is 2.79. The van der Waals surface area contributed by atoms with E-state index < -0.39 is 12.1 Å². The Morgan fingerprint density at radius 2 is 2.20 bits per heavy atom. The Hall–Kier alpha value is -2.01. The van der Waals surface area contributed by atoms with Crippen molar-refractivity contribution >= 4 is 16.9 Å². The molecule has 1 N–H and O–H groups in total. The summed E-state index contributed by atoms with van der Waals surface area (Å²) in [7, 11) is 1.64. The minimum atomic E-state index is -0.916. The van der Waals surface area contributed by atoms with Crippen LogP contribution in [0, 0.1) is 0 Å². The van der Waals surface area contributed by atoms with Crippen molar-refractivity contribution < 1.29 is 19.4 Å². The van der Waals surface area contributed by atoms with Crippen LogP contribution in [0.3, 0.4) is 0 Å². The number of hydrogen-bond acceptors (Lipinski definition) is 3. The number of aryl methyl sites for hydroxylation is 1. The van der Waals surface area contributed by atoms with Gasteiger partial charge in [-0.2, -0.15) is 0 Å². The normalized spacial score (nSPS) is 12.5. The number of carboxylic acid groups (broad SMARTS) is 1. The van der Waals surface area contributed by atoms with E-state index in [0.717, 1.165) is 16.7 Å². The Kier molecular flexibility index (Phi) is 4.63. The quantitative estimate of drug-likeness (QED) is 0.844. The topological polar surface area (TPSA) is 60.7 Å². The van der Waals surface area contributed by atoms with Crippen molar-refractivity contribution in [3.63, 3.8) is 0 Å². The summed E-state index contributed by atoms with van der Waals surface area (Å²) in [5, 5.41) is 10.1. The maximum atomic E-state index is 11.1. The molecule has 0 bridgehead atoms. The number of carbonyl (C=O) groups is 1. The fourth-order valence-corrected chi connectivity index (χ4v) is 2.30. The summed E-state index contributed by atoms with van der Waals surface area (Å²) in [6, 6.07) is 7.81. The zero-order valence-corrected chi connectivity index (χ0v) is 11.7. The molecule has 5 heteroatoms. The third kappa shape index (κ3) is 2.93. The monoisotopic (exact) mass is 277 g/mol. The van der Waals surface area contributed by atoms with E-state index in [9.17, 15) is 4.79 Å². The molecule has 108 valence electrons. The number of carboxylic acids is 1. The standard InChI is InChI=1S/C15H19NO4/c1-3-20-14(15(17)18)8-10-16-9-7-11-12(16)5-4-6-13(11)19-2/h4-7,9,14H,3,8,10H2,1-2H3,(H,17,18). The highest BCUT2D eigenvalue weighted by Crippen LogP contribution is 2.26. The third-order valence-corrected chi connectivity index (χ3v) is 3.27. The number of benzene rings is 1. The van der Waals surface area contributed by atoms with Crippen molar-refractivity contribution in [1.29, 1.82) is 0 Å². The first kappa shape index (κ1) is 14.4. The molecule has 1 atom stereocenters. The van der Waals surface area contributed by atoms with E-state index in [-0.39, 0.29) is 0 Å². The molecule has 0 saturated carbocycles. The van der Waals surface area contributed by atoms with Gasteiger partial charge in [0.2, 0.25) is 0 Å². The van der Waals surface area contributed by atoms with Crippen molar-refractivity contribution in [3.8, 4) is 5.75 Å². The summed E-state index contributed by atoms with van der Waals surface area (Å²) in [5.41, 5.74) is 1.03. The number of ether oxygens (including phenoxy) is 2. The molecule has 0 saturated heterocycles. The van der Waals surface area contributed by atoms with Gasteiger partial charge >= 0.3 is 5.97 Å². The molecule has 1 heterocycles. The average Bonchev–Trinajstić information content (AvgIpc) is 2.86. The highest BCUT2D eigenvalue weighted by atomic mass is 16.5. The van der Waals surface area contributed by atoms with Crippen molar-refractivity contribution in [2.45, 2.75) is 26.0 Å². The van der Waals surface area contributed by atoms with E-state index in [0.29, 0.717) is 19.6 Å². The first-order valence-electron chi connectivity index (χ1n) is 6.63. The number of rotatable bonds is 7. The summed E-state index contributed by atoms with van der Waals surface area (Å²) < 4.78 is 12.6. The van der Waals surface area contributed by atoms with Gasteiger partial charge in [0.25, 0.3) is 0 Å². The zero-order chi connectivity index (χ0) is 14.5. The lowest BCUT2D eigenvalue weighted by Crippen LogP contribution is -2.25. The van der Waals surface area contributed by atoms with Crippen LogP contribution in [0.2, 0.25) is 0 Å². The Balaban J connectivity index is 2.16. The van der Waals surface area contributed by atoms with Gasteiger partial charge in [-0.05, 0) is 25.1 Å². The second-order valence-corrected chi connectivity index (χ2v) is 4.47. The molecule has 0 aliphatic rings. The fraction of sp³-hybridized carbons (Fsp3) is 0.400. The highest BCUT2D eigenvalue weighted by molar-refractivity contribution is 5.86. The smallest absolute Gasteiger partial charge is 0.332 e. The molecule has 0 spiro atoms. The number of aromatic nitrogens is 1. The first-order valence-corrected chi connectivity index (χ1v) is 6.63. The lowest BCUT2D eigenvalue weighted by Gasteiger charge is -2.13. The van der Waals surface area contributed by atoms with Crippen LogP contribution in [-0.2, 0) is 16.1 Å². The number of aliphatic carboxylic acids is 1. The SMILES string of the molecule is CCOC(CCn1ccc2c(OC)cccc21)C(=O)O. The van der Waals surface area contributed by atoms with Crippen LogP contribution in [0.1, 0.15) is 13.3 Å². The van der Waals surface area contributed by atoms with E-state index in [1.54, 1.807) is 14.0 Å². The van der Waals surface area contributed by atoms with Crippen LogP contribution in [0.25, 0.3) is 10.9 Å². The molecule has 0 radical (unpaired) electrons. The molecule has 1 aromatic heterocycles. The second-order valence-electron chi connectivity index (χ2n) is 4.47. The molecule has 5 nitrogen and oxygen atoms in total. The molecule has 0 amide bonds. The lowest BCUT2D eigenvalue weighted by molar-refractivity contribution is -0.150. The minimum absolute atomic E-state index is 0.400. The maximum absolute atomic E-state index is 11.1. The predicted molar refractivity (Wildman–Crippen MR) is 76.2 cm³/mol. The summed E-state index contributed by atoms with van der Waals surface area (Å²) in [4.78, 5) is 11.1. The second kappa shape index (κ2) is 6.43. The summed E-state index contributed by atoms with van der Waals surface area (Å²) in [5.74, 6) is -0.0956. The Morgan fingerprint density at radius 3 is 2.85 bits per heavy atom. The van der Waals surface area contributed by atoms with E-state index in [1.165, 1.54) is 0 Å². The van der Waals surface area contributed by atoms with Crippen molar-refractivity contribution in [1.82, 2.24) is 4.57 Å². The van der Waals surface area contributed by atoms with Crippen LogP contribution < -0.4 is 4.74 Å². The number of nitrogens with zero attached hydrogens (tertiary/aromatic N) is 1. The summed E-state index contributed by atoms with van der Waals surface area (Å²) in [6.07, 6.45) is 1.62. The third-order valence-electron chi connectivity index (χ3n) is 3.27. The molecule has 0 fully saturated rings. The van der Waals surface area contributed by atoms with Gasteiger partial charge in [-0.25, -0.2) is 4.79 Å². The highest BCUT2D eigenvalue weighted by Gasteiger charge is 2.17. The van der Waals surface area contributed by atoms with E-state index in [4.69, 9.17) is 14.6 Å². The number of fused-ring (bicyclic) bond motifs is 1. The Labute approximate surface area is 117 Å². The molecule has 1 unspecified atom stereocenters. The lowest BCUT2D eigenvalue weighted by atomic mass is 10.2. The molecule has 2 rings (SSSR count). The van der Waals surface area contributed by atoms with Gasteiger partial charge in [0, 0.05) is 31.2 Å².